The second-order valence-corrected chi connectivity index (χ2v) is 6.94. The molecule has 106 valence electrons. The van der Waals surface area contributed by atoms with E-state index in [1.165, 1.54) is 70.9 Å². The fourth-order valence-corrected chi connectivity index (χ4v) is 4.44. The second-order valence-electron chi connectivity index (χ2n) is 6.94. The summed E-state index contributed by atoms with van der Waals surface area (Å²) in [6.07, 6.45) is 13.3. The Morgan fingerprint density at radius 3 is 2.61 bits per heavy atom. The van der Waals surface area contributed by atoms with Gasteiger partial charge >= 0.3 is 0 Å². The van der Waals surface area contributed by atoms with E-state index in [0.29, 0.717) is 0 Å². The maximum Gasteiger partial charge on any atom is -0.00178 e. The monoisotopic (exact) mass is 251 g/mol. The number of hydrogen-bond donors (Lipinski definition) is 1. The molecule has 0 saturated heterocycles. The summed E-state index contributed by atoms with van der Waals surface area (Å²) in [6.45, 7) is 7.25. The zero-order valence-electron chi connectivity index (χ0n) is 12.6. The van der Waals surface area contributed by atoms with Crippen LogP contribution in [0.5, 0.6) is 0 Å². The van der Waals surface area contributed by atoms with Gasteiger partial charge in [-0.1, -0.05) is 46.0 Å². The van der Waals surface area contributed by atoms with Crippen molar-refractivity contribution in [1.29, 1.82) is 0 Å². The Bertz CT molecular complexity index is 226. The van der Waals surface area contributed by atoms with Gasteiger partial charge in [0, 0.05) is 0 Å². The Balaban J connectivity index is 1.85. The lowest BCUT2D eigenvalue weighted by Gasteiger charge is -2.40. The van der Waals surface area contributed by atoms with Crippen LogP contribution in [0, 0.1) is 23.7 Å². The van der Waals surface area contributed by atoms with E-state index in [4.69, 9.17) is 0 Å². The van der Waals surface area contributed by atoms with Crippen LogP contribution in [-0.2, 0) is 0 Å². The summed E-state index contributed by atoms with van der Waals surface area (Å²) in [4.78, 5) is 0. The first-order valence-corrected chi connectivity index (χ1v) is 8.52. The highest BCUT2D eigenvalue weighted by Crippen LogP contribution is 2.42. The molecule has 0 amide bonds. The highest BCUT2D eigenvalue weighted by molar-refractivity contribution is 4.85. The molecule has 2 saturated carbocycles. The first kappa shape index (κ1) is 14.4. The van der Waals surface area contributed by atoms with Crippen LogP contribution >= 0.6 is 0 Å². The summed E-state index contributed by atoms with van der Waals surface area (Å²) >= 11 is 0. The van der Waals surface area contributed by atoms with Crippen molar-refractivity contribution < 1.29 is 0 Å². The molecule has 0 aromatic carbocycles. The van der Waals surface area contributed by atoms with E-state index < -0.39 is 0 Å². The molecule has 2 aliphatic rings. The lowest BCUT2D eigenvalue weighted by atomic mass is 9.66. The lowest BCUT2D eigenvalue weighted by molar-refractivity contribution is 0.109. The molecule has 4 atom stereocenters. The molecule has 0 radical (unpaired) electrons. The summed E-state index contributed by atoms with van der Waals surface area (Å²) in [6, 6.07) is 0. The molecule has 0 aromatic rings. The standard InChI is InChI=1S/C17H33N/c1-3-11-18-13-16-8-4-5-10-17(16)15-9-6-7-14(2)12-15/h14-18H,3-13H2,1-2H3. The molecule has 0 spiro atoms. The minimum Gasteiger partial charge on any atom is -0.316 e. The normalized spacial score (nSPS) is 37.7. The van der Waals surface area contributed by atoms with Gasteiger partial charge in [0.1, 0.15) is 0 Å². The van der Waals surface area contributed by atoms with Crippen molar-refractivity contribution in [3.8, 4) is 0 Å². The molecule has 18 heavy (non-hydrogen) atoms. The van der Waals surface area contributed by atoms with E-state index in [-0.39, 0.29) is 0 Å². The van der Waals surface area contributed by atoms with Gasteiger partial charge in [-0.05, 0) is 62.4 Å². The van der Waals surface area contributed by atoms with Crippen LogP contribution < -0.4 is 5.32 Å². The van der Waals surface area contributed by atoms with Crippen molar-refractivity contribution in [2.75, 3.05) is 13.1 Å². The third-order valence-electron chi connectivity index (χ3n) is 5.38. The van der Waals surface area contributed by atoms with Crippen LogP contribution in [0.1, 0.15) is 71.6 Å². The van der Waals surface area contributed by atoms with Gasteiger partial charge in [-0.25, -0.2) is 0 Å². The molecular formula is C17H33N. The van der Waals surface area contributed by atoms with E-state index in [1.807, 2.05) is 0 Å². The van der Waals surface area contributed by atoms with Crippen molar-refractivity contribution >= 4 is 0 Å². The van der Waals surface area contributed by atoms with Crippen LogP contribution in [0.4, 0.5) is 0 Å². The Morgan fingerprint density at radius 1 is 1.00 bits per heavy atom. The van der Waals surface area contributed by atoms with E-state index in [9.17, 15) is 0 Å². The van der Waals surface area contributed by atoms with E-state index in [0.717, 1.165) is 23.7 Å². The van der Waals surface area contributed by atoms with Crippen molar-refractivity contribution in [3.05, 3.63) is 0 Å². The second kappa shape index (κ2) is 7.53. The predicted molar refractivity (Wildman–Crippen MR) is 79.7 cm³/mol. The van der Waals surface area contributed by atoms with Crippen LogP contribution in [0.15, 0.2) is 0 Å². The molecule has 1 heteroatoms. The summed E-state index contributed by atoms with van der Waals surface area (Å²) in [5.74, 6) is 4.09. The molecule has 1 nitrogen and oxygen atoms in total. The molecule has 0 bridgehead atoms. The van der Waals surface area contributed by atoms with Gasteiger partial charge in [0.25, 0.3) is 0 Å². The highest BCUT2D eigenvalue weighted by atomic mass is 14.9. The first-order valence-electron chi connectivity index (χ1n) is 8.52. The number of hydrogen-bond acceptors (Lipinski definition) is 1. The zero-order valence-corrected chi connectivity index (χ0v) is 12.6. The molecular weight excluding hydrogens is 218 g/mol. The molecule has 4 unspecified atom stereocenters. The van der Waals surface area contributed by atoms with Crippen molar-refractivity contribution in [3.63, 3.8) is 0 Å². The quantitative estimate of drug-likeness (QED) is 0.703. The molecule has 2 fully saturated rings. The van der Waals surface area contributed by atoms with Crippen molar-refractivity contribution in [2.24, 2.45) is 23.7 Å². The summed E-state index contributed by atoms with van der Waals surface area (Å²) in [5.41, 5.74) is 0. The van der Waals surface area contributed by atoms with Crippen LogP contribution in [0.25, 0.3) is 0 Å². The summed E-state index contributed by atoms with van der Waals surface area (Å²) in [7, 11) is 0. The van der Waals surface area contributed by atoms with Gasteiger partial charge in [-0.15, -0.1) is 0 Å². The Morgan fingerprint density at radius 2 is 1.83 bits per heavy atom. The highest BCUT2D eigenvalue weighted by Gasteiger charge is 2.33. The first-order chi connectivity index (χ1) is 8.81. The van der Waals surface area contributed by atoms with Gasteiger partial charge in [-0.2, -0.15) is 0 Å². The van der Waals surface area contributed by atoms with Gasteiger partial charge in [0.05, 0.1) is 0 Å². The lowest BCUT2D eigenvalue weighted by Crippen LogP contribution is -2.36. The molecule has 2 rings (SSSR count). The molecule has 2 aliphatic carbocycles. The van der Waals surface area contributed by atoms with Gasteiger partial charge in [-0.3, -0.25) is 0 Å². The zero-order chi connectivity index (χ0) is 12.8. The molecule has 0 heterocycles. The largest absolute Gasteiger partial charge is 0.316 e. The van der Waals surface area contributed by atoms with Crippen LogP contribution in [0.3, 0.4) is 0 Å². The third-order valence-corrected chi connectivity index (χ3v) is 5.38. The third kappa shape index (κ3) is 3.98. The Kier molecular flexibility index (Phi) is 6.01. The Hall–Kier alpha value is -0.0400. The SMILES string of the molecule is CCCNCC1CCCCC1C1CCCC(C)C1. The summed E-state index contributed by atoms with van der Waals surface area (Å²) < 4.78 is 0. The number of rotatable bonds is 5. The van der Waals surface area contributed by atoms with Gasteiger partial charge in [0.15, 0.2) is 0 Å². The maximum absolute atomic E-state index is 3.69. The maximum atomic E-state index is 3.69. The van der Waals surface area contributed by atoms with Crippen molar-refractivity contribution in [1.82, 2.24) is 5.32 Å². The smallest absolute Gasteiger partial charge is 0.00178 e. The molecule has 0 aliphatic heterocycles. The average Bonchev–Trinajstić information content (AvgIpc) is 2.40. The minimum absolute atomic E-state index is 0.987. The molecule has 1 N–H and O–H groups in total. The summed E-state index contributed by atoms with van der Waals surface area (Å²) in [5, 5.41) is 3.69. The van der Waals surface area contributed by atoms with E-state index >= 15 is 0 Å². The average molecular weight is 251 g/mol. The fourth-order valence-electron chi connectivity index (χ4n) is 4.44. The van der Waals surface area contributed by atoms with Gasteiger partial charge < -0.3 is 5.32 Å². The van der Waals surface area contributed by atoms with Crippen LogP contribution in [0.2, 0.25) is 0 Å². The van der Waals surface area contributed by atoms with Gasteiger partial charge in [0.2, 0.25) is 0 Å². The van der Waals surface area contributed by atoms with E-state index in [2.05, 4.69) is 19.2 Å². The topological polar surface area (TPSA) is 12.0 Å². The van der Waals surface area contributed by atoms with E-state index in [1.54, 1.807) is 0 Å². The van der Waals surface area contributed by atoms with Crippen LogP contribution in [-0.4, -0.2) is 13.1 Å². The predicted octanol–water partition coefficient (Wildman–Crippen LogP) is 4.62. The van der Waals surface area contributed by atoms with Crippen molar-refractivity contribution in [2.45, 2.75) is 71.6 Å². The fraction of sp³-hybridized carbons (Fsp3) is 1.00. The minimum atomic E-state index is 0.987. The Labute approximate surface area is 114 Å². The number of nitrogens with one attached hydrogen (secondary N) is 1. The molecule has 0 aromatic heterocycles.